The lowest BCUT2D eigenvalue weighted by molar-refractivity contribution is -0.122. The smallest absolute Gasteiger partial charge is 0.278 e. The minimum Gasteiger partial charge on any atom is -0.286 e. The number of benzene rings is 1. The molecular formula is C13H11FN2OS. The minimum absolute atomic E-state index is 0.0541. The van der Waals surface area contributed by atoms with E-state index in [1.165, 1.54) is 12.1 Å². The molecule has 0 bridgehead atoms. The van der Waals surface area contributed by atoms with Gasteiger partial charge in [0, 0.05) is 12.3 Å². The van der Waals surface area contributed by atoms with Crippen LogP contribution in [0.2, 0.25) is 0 Å². The van der Waals surface area contributed by atoms with Crippen molar-refractivity contribution in [3.63, 3.8) is 0 Å². The summed E-state index contributed by atoms with van der Waals surface area (Å²) < 4.78 is 12.8. The summed E-state index contributed by atoms with van der Waals surface area (Å²) in [7, 11) is 0. The van der Waals surface area contributed by atoms with Gasteiger partial charge in [-0.25, -0.2) is 9.38 Å². The molecule has 0 aliphatic carbocycles. The Morgan fingerprint density at radius 3 is 2.83 bits per heavy atom. The van der Waals surface area contributed by atoms with E-state index >= 15 is 0 Å². The second-order valence-electron chi connectivity index (χ2n) is 4.13. The van der Waals surface area contributed by atoms with E-state index < -0.39 is 0 Å². The molecule has 0 unspecified atom stereocenters. The molecule has 5 heteroatoms. The Balaban J connectivity index is 1.90. The van der Waals surface area contributed by atoms with Crippen molar-refractivity contribution < 1.29 is 9.18 Å². The number of hydrogen-bond acceptors (Lipinski definition) is 3. The molecular weight excluding hydrogens is 251 g/mol. The summed E-state index contributed by atoms with van der Waals surface area (Å²) in [5.74, 6) is 0.669. The minimum atomic E-state index is -0.283. The first-order valence-corrected chi connectivity index (χ1v) is 6.73. The number of rotatable bonds is 1. The molecule has 18 heavy (non-hydrogen) atoms. The summed E-state index contributed by atoms with van der Waals surface area (Å²) in [6, 6.07) is 6.03. The summed E-state index contributed by atoms with van der Waals surface area (Å²) in [6.45, 7) is 0.741. The summed E-state index contributed by atoms with van der Waals surface area (Å²) in [5, 5.41) is 0.791. The molecule has 2 aliphatic rings. The predicted molar refractivity (Wildman–Crippen MR) is 70.6 cm³/mol. The average molecular weight is 262 g/mol. The van der Waals surface area contributed by atoms with Gasteiger partial charge in [-0.15, -0.1) is 0 Å². The van der Waals surface area contributed by atoms with Crippen molar-refractivity contribution in [3.8, 4) is 0 Å². The van der Waals surface area contributed by atoms with Gasteiger partial charge in [-0.2, -0.15) is 0 Å². The molecule has 0 spiro atoms. The van der Waals surface area contributed by atoms with Gasteiger partial charge in [-0.05, 0) is 30.2 Å². The van der Waals surface area contributed by atoms with Crippen LogP contribution in [0.5, 0.6) is 0 Å². The van der Waals surface area contributed by atoms with Gasteiger partial charge in [-0.3, -0.25) is 9.69 Å². The first-order valence-electron chi connectivity index (χ1n) is 5.75. The summed E-state index contributed by atoms with van der Waals surface area (Å²) in [4.78, 5) is 18.1. The predicted octanol–water partition coefficient (Wildman–Crippen LogP) is 2.50. The normalized spacial score (nSPS) is 21.2. The molecule has 0 N–H and O–H groups in total. The SMILES string of the molecule is O=C1/C(=C/c2ccc(F)cc2)N=C2SCCCN12. The number of hydrogen-bond donors (Lipinski definition) is 0. The first kappa shape index (κ1) is 11.5. The van der Waals surface area contributed by atoms with Crippen molar-refractivity contribution in [2.24, 2.45) is 4.99 Å². The first-order chi connectivity index (χ1) is 8.74. The fourth-order valence-electron chi connectivity index (χ4n) is 1.94. The lowest BCUT2D eigenvalue weighted by Crippen LogP contribution is -2.34. The van der Waals surface area contributed by atoms with Crippen molar-refractivity contribution >= 4 is 28.9 Å². The van der Waals surface area contributed by atoms with E-state index in [0.29, 0.717) is 5.70 Å². The molecule has 1 aromatic rings. The van der Waals surface area contributed by atoms with Crippen LogP contribution in [0.3, 0.4) is 0 Å². The van der Waals surface area contributed by atoms with Gasteiger partial charge in [0.15, 0.2) is 5.17 Å². The van der Waals surface area contributed by atoms with E-state index in [9.17, 15) is 9.18 Å². The fourth-order valence-corrected chi connectivity index (χ4v) is 2.89. The van der Waals surface area contributed by atoms with E-state index in [2.05, 4.69) is 4.99 Å². The number of amides is 1. The fraction of sp³-hybridized carbons (Fsp3) is 0.231. The Morgan fingerprint density at radius 2 is 2.11 bits per heavy atom. The Morgan fingerprint density at radius 1 is 1.33 bits per heavy atom. The van der Waals surface area contributed by atoms with Crippen LogP contribution >= 0.6 is 11.8 Å². The number of aliphatic imine (C=N–C) groups is 1. The number of nitrogens with zero attached hydrogens (tertiary/aromatic N) is 2. The van der Waals surface area contributed by atoms with Crippen LogP contribution < -0.4 is 0 Å². The maximum atomic E-state index is 12.8. The van der Waals surface area contributed by atoms with Gasteiger partial charge in [0.2, 0.25) is 0 Å². The molecule has 3 rings (SSSR count). The molecule has 2 heterocycles. The molecule has 0 radical (unpaired) electrons. The second kappa shape index (κ2) is 4.57. The third-order valence-electron chi connectivity index (χ3n) is 2.84. The topological polar surface area (TPSA) is 32.7 Å². The molecule has 1 saturated heterocycles. The van der Waals surface area contributed by atoms with Crippen LogP contribution in [0.4, 0.5) is 4.39 Å². The maximum absolute atomic E-state index is 12.8. The average Bonchev–Trinajstić information content (AvgIpc) is 2.70. The van der Waals surface area contributed by atoms with Crippen LogP contribution in [0.15, 0.2) is 35.0 Å². The molecule has 0 aromatic heterocycles. The Kier molecular flexibility index (Phi) is 2.91. The monoisotopic (exact) mass is 262 g/mol. The largest absolute Gasteiger partial charge is 0.286 e. The van der Waals surface area contributed by atoms with Crippen LogP contribution in [0.1, 0.15) is 12.0 Å². The number of carbonyl (C=O) groups is 1. The maximum Gasteiger partial charge on any atom is 0.278 e. The number of fused-ring (bicyclic) bond motifs is 1. The van der Waals surface area contributed by atoms with Gasteiger partial charge in [0.05, 0.1) is 0 Å². The van der Waals surface area contributed by atoms with Gasteiger partial charge in [-0.1, -0.05) is 23.9 Å². The van der Waals surface area contributed by atoms with E-state index in [1.807, 2.05) is 0 Å². The van der Waals surface area contributed by atoms with Crippen LogP contribution in [0, 0.1) is 5.82 Å². The van der Waals surface area contributed by atoms with Crippen molar-refractivity contribution in [1.82, 2.24) is 4.90 Å². The standard InChI is InChI=1S/C13H11FN2OS/c14-10-4-2-9(3-5-10)8-11-12(17)16-6-1-7-18-13(16)15-11/h2-5,8H,1,6-7H2/b11-8-. The highest BCUT2D eigenvalue weighted by atomic mass is 32.2. The van der Waals surface area contributed by atoms with Gasteiger partial charge in [0.25, 0.3) is 5.91 Å². The zero-order chi connectivity index (χ0) is 12.5. The third-order valence-corrected chi connectivity index (χ3v) is 3.90. The summed E-state index contributed by atoms with van der Waals surface area (Å²) in [5.41, 5.74) is 1.22. The molecule has 1 amide bonds. The number of halogens is 1. The zero-order valence-electron chi connectivity index (χ0n) is 9.60. The van der Waals surface area contributed by atoms with Crippen LogP contribution in [0.25, 0.3) is 6.08 Å². The van der Waals surface area contributed by atoms with Crippen LogP contribution in [-0.2, 0) is 4.79 Å². The lowest BCUT2D eigenvalue weighted by atomic mass is 10.2. The van der Waals surface area contributed by atoms with E-state index in [-0.39, 0.29) is 11.7 Å². The molecule has 1 fully saturated rings. The molecule has 0 saturated carbocycles. The molecule has 0 atom stereocenters. The van der Waals surface area contributed by atoms with Crippen LogP contribution in [-0.4, -0.2) is 28.3 Å². The second-order valence-corrected chi connectivity index (χ2v) is 5.20. The highest BCUT2D eigenvalue weighted by molar-refractivity contribution is 8.13. The van der Waals surface area contributed by atoms with Crippen molar-refractivity contribution in [2.45, 2.75) is 6.42 Å². The summed E-state index contributed by atoms with van der Waals surface area (Å²) in [6.07, 6.45) is 2.70. The highest BCUT2D eigenvalue weighted by Crippen LogP contribution is 2.27. The zero-order valence-corrected chi connectivity index (χ0v) is 10.4. The van der Waals surface area contributed by atoms with E-state index in [1.54, 1.807) is 34.9 Å². The molecule has 1 aromatic carbocycles. The molecule has 2 aliphatic heterocycles. The Labute approximate surface area is 108 Å². The number of carbonyl (C=O) groups excluding carboxylic acids is 1. The highest BCUT2D eigenvalue weighted by Gasteiger charge is 2.32. The number of amidine groups is 1. The van der Waals surface area contributed by atoms with E-state index in [0.717, 1.165) is 29.4 Å². The van der Waals surface area contributed by atoms with Crippen molar-refractivity contribution in [1.29, 1.82) is 0 Å². The quantitative estimate of drug-likeness (QED) is 0.728. The lowest BCUT2D eigenvalue weighted by Gasteiger charge is -2.21. The van der Waals surface area contributed by atoms with Gasteiger partial charge >= 0.3 is 0 Å². The number of thioether (sulfide) groups is 1. The Hall–Kier alpha value is -1.62. The van der Waals surface area contributed by atoms with E-state index in [4.69, 9.17) is 0 Å². The van der Waals surface area contributed by atoms with Gasteiger partial charge in [0.1, 0.15) is 11.5 Å². The van der Waals surface area contributed by atoms with Crippen molar-refractivity contribution in [3.05, 3.63) is 41.3 Å². The van der Waals surface area contributed by atoms with Crippen molar-refractivity contribution in [2.75, 3.05) is 12.3 Å². The van der Waals surface area contributed by atoms with Gasteiger partial charge < -0.3 is 0 Å². The third kappa shape index (κ3) is 2.06. The summed E-state index contributed by atoms with van der Waals surface area (Å²) >= 11 is 1.61. The molecule has 3 nitrogen and oxygen atoms in total. The Bertz CT molecular complexity index is 551. The molecule has 92 valence electrons.